The zero-order valence-corrected chi connectivity index (χ0v) is 39.2. The molecule has 0 aromatic heterocycles. The van der Waals surface area contributed by atoms with Crippen LogP contribution in [0, 0.1) is 0 Å². The van der Waals surface area contributed by atoms with Gasteiger partial charge in [-0.1, -0.05) is 157 Å². The van der Waals surface area contributed by atoms with Gasteiger partial charge in [0.1, 0.15) is 43.2 Å². The summed E-state index contributed by atoms with van der Waals surface area (Å²) in [6.07, 6.45) is 35.4. The van der Waals surface area contributed by atoms with Gasteiger partial charge >= 0.3 is 19.8 Å². The molecule has 8 atom stereocenters. The number of aliphatic hydroxyl groups excluding tert-OH is 5. The summed E-state index contributed by atoms with van der Waals surface area (Å²) in [4.78, 5) is 35.7. The standard InChI is InChI=1S/C49H83O13P/c1-3-5-7-9-11-13-15-17-19-20-21-22-24-25-27-29-31-33-35-37-42(50)59-39-41(40-60-63(57,58)62-49-47(55)45(53)44(52)46(54)48(49)56)61-43(51)38-36-34-32-30-28-26-23-18-16-14-12-10-8-6-4-2/h5,7,11,13,17,19,21-22,25,27,32,34,41,44-49,52-56H,3-4,6,8-10,12,14-16,18,20,23-24,26,28-31,33,35-40H2,1-2H3,(H,57,58)/b7-5+,13-11+,19-17+,22-21+,27-25+,34-32+/t41-,44?,45-,46?,47?,48?,49?/m0/s1. The summed E-state index contributed by atoms with van der Waals surface area (Å²) in [5.74, 6) is -1.20. The first-order valence-electron chi connectivity index (χ1n) is 23.7. The zero-order chi connectivity index (χ0) is 46.4. The van der Waals surface area contributed by atoms with E-state index in [1.165, 1.54) is 57.8 Å². The number of ether oxygens (including phenoxy) is 2. The third kappa shape index (κ3) is 31.0. The van der Waals surface area contributed by atoms with Crippen LogP contribution in [0.5, 0.6) is 0 Å². The van der Waals surface area contributed by atoms with Gasteiger partial charge in [-0.3, -0.25) is 18.6 Å². The molecule has 0 radical (unpaired) electrons. The molecule has 6 N–H and O–H groups in total. The minimum Gasteiger partial charge on any atom is -0.462 e. The Balaban J connectivity index is 2.49. The summed E-state index contributed by atoms with van der Waals surface area (Å²) in [6.45, 7) is 3.12. The lowest BCUT2D eigenvalue weighted by molar-refractivity contribution is -0.220. The summed E-state index contributed by atoms with van der Waals surface area (Å²) in [6, 6.07) is 0. The molecule has 63 heavy (non-hydrogen) atoms. The molecule has 1 rings (SSSR count). The van der Waals surface area contributed by atoms with Gasteiger partial charge in [-0.05, 0) is 70.6 Å². The maximum absolute atomic E-state index is 12.8. The molecule has 362 valence electrons. The minimum atomic E-state index is -5.14. The number of carbonyl (C=O) groups is 2. The van der Waals surface area contributed by atoms with Crippen LogP contribution in [0.3, 0.4) is 0 Å². The van der Waals surface area contributed by atoms with E-state index in [1.807, 2.05) is 12.2 Å². The molecule has 1 saturated carbocycles. The number of hydrogen-bond donors (Lipinski definition) is 6. The highest BCUT2D eigenvalue weighted by Gasteiger charge is 2.51. The summed E-state index contributed by atoms with van der Waals surface area (Å²) in [5.41, 5.74) is 0. The average molecular weight is 911 g/mol. The van der Waals surface area contributed by atoms with Gasteiger partial charge in [-0.25, -0.2) is 4.57 Å². The van der Waals surface area contributed by atoms with Crippen molar-refractivity contribution in [1.29, 1.82) is 0 Å². The molecule has 0 aromatic carbocycles. The molecule has 0 saturated heterocycles. The molecule has 0 heterocycles. The molecule has 6 unspecified atom stereocenters. The first kappa shape index (κ1) is 58.3. The van der Waals surface area contributed by atoms with E-state index in [4.69, 9.17) is 18.5 Å². The van der Waals surface area contributed by atoms with E-state index in [-0.39, 0.29) is 12.8 Å². The van der Waals surface area contributed by atoms with E-state index in [0.29, 0.717) is 12.8 Å². The van der Waals surface area contributed by atoms with Crippen LogP contribution in [0.4, 0.5) is 0 Å². The van der Waals surface area contributed by atoms with Crippen molar-refractivity contribution in [3.63, 3.8) is 0 Å². The van der Waals surface area contributed by atoms with Gasteiger partial charge in [0.05, 0.1) is 6.61 Å². The molecule has 0 amide bonds. The van der Waals surface area contributed by atoms with Gasteiger partial charge in [-0.15, -0.1) is 0 Å². The predicted octanol–water partition coefficient (Wildman–Crippen LogP) is 9.50. The Hall–Kier alpha value is -2.71. The van der Waals surface area contributed by atoms with Crippen LogP contribution in [0.1, 0.15) is 168 Å². The Bertz CT molecular complexity index is 1380. The molecule has 0 aliphatic heterocycles. The van der Waals surface area contributed by atoms with Crippen molar-refractivity contribution in [2.45, 2.75) is 211 Å². The van der Waals surface area contributed by atoms with E-state index in [9.17, 15) is 44.6 Å². The number of hydrogen-bond acceptors (Lipinski definition) is 12. The van der Waals surface area contributed by atoms with Crippen molar-refractivity contribution in [2.24, 2.45) is 0 Å². The van der Waals surface area contributed by atoms with E-state index < -0.39 is 75.7 Å². The third-order valence-corrected chi connectivity index (χ3v) is 11.5. The maximum Gasteiger partial charge on any atom is 0.472 e. The molecule has 1 aliphatic carbocycles. The molecule has 1 fully saturated rings. The summed E-state index contributed by atoms with van der Waals surface area (Å²) < 4.78 is 33.5. The van der Waals surface area contributed by atoms with Crippen LogP contribution in [0.15, 0.2) is 72.9 Å². The van der Waals surface area contributed by atoms with Gasteiger partial charge in [0.2, 0.25) is 0 Å². The highest BCUT2D eigenvalue weighted by molar-refractivity contribution is 7.47. The number of unbranched alkanes of at least 4 members (excludes halogenated alkanes) is 14. The van der Waals surface area contributed by atoms with Crippen molar-refractivity contribution < 1.29 is 63.1 Å². The number of allylic oxidation sites excluding steroid dienone is 12. The van der Waals surface area contributed by atoms with Gasteiger partial charge < -0.3 is 39.9 Å². The van der Waals surface area contributed by atoms with Gasteiger partial charge in [0.25, 0.3) is 0 Å². The van der Waals surface area contributed by atoms with Crippen molar-refractivity contribution in [3.8, 4) is 0 Å². The first-order chi connectivity index (χ1) is 30.4. The summed E-state index contributed by atoms with van der Waals surface area (Å²) in [5, 5.41) is 50.2. The fourth-order valence-corrected chi connectivity index (χ4v) is 7.71. The molecule has 0 aromatic rings. The van der Waals surface area contributed by atoms with Crippen molar-refractivity contribution >= 4 is 19.8 Å². The SMILES string of the molecule is CC/C=C/C/C=C/C/C=C/C/C=C/C/C=C/CCCCCC(=O)OC[C@@H](COP(=O)(O)OC1C(O)C(O)C(O)[C@H](O)C1O)OC(=O)CC/C=C/CCCCCCCCCCCCC. The topological polar surface area (TPSA) is 210 Å². The van der Waals surface area contributed by atoms with Gasteiger partial charge in [0.15, 0.2) is 6.10 Å². The molecule has 1 aliphatic rings. The van der Waals surface area contributed by atoms with Crippen LogP contribution >= 0.6 is 7.82 Å². The first-order valence-corrected chi connectivity index (χ1v) is 25.2. The van der Waals surface area contributed by atoms with E-state index in [2.05, 4.69) is 74.6 Å². The zero-order valence-electron chi connectivity index (χ0n) is 38.3. The molecule has 0 spiro atoms. The monoisotopic (exact) mass is 911 g/mol. The number of phosphoric ester groups is 1. The highest BCUT2D eigenvalue weighted by atomic mass is 31.2. The Labute approximate surface area is 378 Å². The van der Waals surface area contributed by atoms with Gasteiger partial charge in [-0.2, -0.15) is 0 Å². The lowest BCUT2D eigenvalue weighted by Crippen LogP contribution is -2.64. The average Bonchev–Trinajstić information content (AvgIpc) is 3.26. The lowest BCUT2D eigenvalue weighted by Gasteiger charge is -2.41. The number of carbonyl (C=O) groups excluding carboxylic acids is 2. The van der Waals surface area contributed by atoms with Crippen LogP contribution in [0.2, 0.25) is 0 Å². The van der Waals surface area contributed by atoms with Crippen molar-refractivity contribution in [3.05, 3.63) is 72.9 Å². The lowest BCUT2D eigenvalue weighted by atomic mass is 9.85. The largest absolute Gasteiger partial charge is 0.472 e. The molecular weight excluding hydrogens is 827 g/mol. The molecule has 0 bridgehead atoms. The Morgan fingerprint density at radius 1 is 0.508 bits per heavy atom. The third-order valence-electron chi connectivity index (χ3n) is 10.5. The van der Waals surface area contributed by atoms with E-state index in [1.54, 1.807) is 0 Å². The second-order valence-electron chi connectivity index (χ2n) is 16.2. The second-order valence-corrected chi connectivity index (χ2v) is 17.6. The fourth-order valence-electron chi connectivity index (χ4n) is 6.74. The maximum atomic E-state index is 12.8. The molecule has 13 nitrogen and oxygen atoms in total. The minimum absolute atomic E-state index is 0.00292. The Morgan fingerprint density at radius 3 is 1.46 bits per heavy atom. The number of esters is 2. The van der Waals surface area contributed by atoms with Crippen molar-refractivity contribution in [1.82, 2.24) is 0 Å². The second kappa shape index (κ2) is 38.5. The predicted molar refractivity (Wildman–Crippen MR) is 249 cm³/mol. The smallest absolute Gasteiger partial charge is 0.462 e. The van der Waals surface area contributed by atoms with Crippen LogP contribution in [-0.4, -0.2) is 98.3 Å². The van der Waals surface area contributed by atoms with Crippen LogP contribution < -0.4 is 0 Å². The van der Waals surface area contributed by atoms with Crippen LogP contribution in [0.25, 0.3) is 0 Å². The summed E-state index contributed by atoms with van der Waals surface area (Å²) in [7, 11) is -5.14. The van der Waals surface area contributed by atoms with Crippen molar-refractivity contribution in [2.75, 3.05) is 13.2 Å². The Kier molecular flexibility index (Phi) is 35.7. The molecular formula is C49H83O13P. The van der Waals surface area contributed by atoms with Crippen LogP contribution in [-0.2, 0) is 32.7 Å². The van der Waals surface area contributed by atoms with E-state index in [0.717, 1.165) is 70.6 Å². The number of rotatable bonds is 38. The normalized spacial score (nSPS) is 22.3. The van der Waals surface area contributed by atoms with E-state index >= 15 is 0 Å². The summed E-state index contributed by atoms with van der Waals surface area (Å²) >= 11 is 0. The molecule has 14 heteroatoms. The quantitative estimate of drug-likeness (QED) is 0.0148. The highest BCUT2D eigenvalue weighted by Crippen LogP contribution is 2.47. The number of phosphoric acid groups is 1. The Morgan fingerprint density at radius 2 is 0.937 bits per heavy atom. The fraction of sp³-hybridized carbons (Fsp3) is 0.714. The number of aliphatic hydroxyl groups is 5. The van der Waals surface area contributed by atoms with Gasteiger partial charge in [0, 0.05) is 12.8 Å².